The Morgan fingerprint density at radius 3 is 2.83 bits per heavy atom. The molecule has 3 aromatic rings. The van der Waals surface area contributed by atoms with E-state index in [1.54, 1.807) is 10.8 Å². The molecule has 7 nitrogen and oxygen atoms in total. The van der Waals surface area contributed by atoms with Crippen LogP contribution in [0, 0.1) is 18.3 Å². The van der Waals surface area contributed by atoms with Gasteiger partial charge >= 0.3 is 0 Å². The van der Waals surface area contributed by atoms with Crippen molar-refractivity contribution < 1.29 is 14.3 Å². The first-order chi connectivity index (χ1) is 17.6. The number of aromatic nitrogens is 2. The molecule has 0 bridgehead atoms. The van der Waals surface area contributed by atoms with E-state index in [-0.39, 0.29) is 11.7 Å². The van der Waals surface area contributed by atoms with Crippen molar-refractivity contribution in [2.45, 2.75) is 45.6 Å². The van der Waals surface area contributed by atoms with E-state index in [0.717, 1.165) is 48.2 Å². The van der Waals surface area contributed by atoms with Gasteiger partial charge in [-0.15, -0.1) is 0 Å². The second-order valence-corrected chi connectivity index (χ2v) is 8.91. The summed E-state index contributed by atoms with van der Waals surface area (Å²) in [6.07, 6.45) is 7.44. The van der Waals surface area contributed by atoms with Crippen LogP contribution in [0.5, 0.6) is 5.75 Å². The first-order valence-electron chi connectivity index (χ1n) is 12.5. The molecule has 1 fully saturated rings. The van der Waals surface area contributed by atoms with Gasteiger partial charge in [0, 0.05) is 30.5 Å². The maximum atomic E-state index is 12.8. The first kappa shape index (κ1) is 25.2. The Hall–Kier alpha value is -3.89. The number of hydrogen-bond acceptors (Lipinski definition) is 5. The third kappa shape index (κ3) is 6.21. The van der Waals surface area contributed by atoms with E-state index in [1.807, 2.05) is 61.7 Å². The molecule has 0 saturated carbocycles. The van der Waals surface area contributed by atoms with Gasteiger partial charge in [-0.3, -0.25) is 4.79 Å². The van der Waals surface area contributed by atoms with Crippen molar-refractivity contribution in [1.82, 2.24) is 15.1 Å². The van der Waals surface area contributed by atoms with Crippen LogP contribution in [0.3, 0.4) is 0 Å². The molecule has 2 heterocycles. The molecule has 1 saturated heterocycles. The lowest BCUT2D eigenvalue weighted by molar-refractivity contribution is -0.117. The van der Waals surface area contributed by atoms with Crippen LogP contribution in [0.25, 0.3) is 23.0 Å². The standard InChI is InChI=1S/C29H32N4O3/c1-3-4-14-36-27-13-12-22(16-21(27)2)28-24(20-33(32-28)25-9-6-5-7-10-25)17-23(18-30)29(34)31-19-26-11-8-15-35-26/h5-7,9-10,12-13,16-17,20,26H,3-4,8,11,14-15,19H2,1-2H3,(H,31,34)/b23-17+/t26-/m0/s1. The van der Waals surface area contributed by atoms with Crippen molar-refractivity contribution in [3.63, 3.8) is 0 Å². The number of amides is 1. The normalized spacial score (nSPS) is 15.5. The Morgan fingerprint density at radius 1 is 1.31 bits per heavy atom. The summed E-state index contributed by atoms with van der Waals surface area (Å²) >= 11 is 0. The number of nitrogens with zero attached hydrogens (tertiary/aromatic N) is 3. The zero-order chi connectivity index (χ0) is 25.3. The summed E-state index contributed by atoms with van der Waals surface area (Å²) in [5.74, 6) is 0.431. The van der Waals surface area contributed by atoms with Crippen molar-refractivity contribution in [2.24, 2.45) is 0 Å². The van der Waals surface area contributed by atoms with Crippen LogP contribution in [-0.4, -0.2) is 41.6 Å². The van der Waals surface area contributed by atoms with Crippen LogP contribution in [0.2, 0.25) is 0 Å². The molecule has 0 unspecified atom stereocenters. The van der Waals surface area contributed by atoms with Gasteiger partial charge in [-0.2, -0.15) is 10.4 Å². The number of hydrogen-bond donors (Lipinski definition) is 1. The van der Waals surface area contributed by atoms with E-state index in [2.05, 4.69) is 18.3 Å². The van der Waals surface area contributed by atoms with Gasteiger partial charge in [-0.05, 0) is 68.2 Å². The summed E-state index contributed by atoms with van der Waals surface area (Å²) in [6.45, 7) is 5.93. The zero-order valence-electron chi connectivity index (χ0n) is 20.9. The maximum Gasteiger partial charge on any atom is 0.262 e. The van der Waals surface area contributed by atoms with Crippen LogP contribution >= 0.6 is 0 Å². The molecule has 1 aliphatic heterocycles. The predicted molar refractivity (Wildman–Crippen MR) is 140 cm³/mol. The van der Waals surface area contributed by atoms with Gasteiger partial charge in [-0.1, -0.05) is 31.5 Å². The van der Waals surface area contributed by atoms with Gasteiger partial charge < -0.3 is 14.8 Å². The fourth-order valence-electron chi connectivity index (χ4n) is 4.13. The number of aryl methyl sites for hydroxylation is 1. The number of benzene rings is 2. The highest BCUT2D eigenvalue weighted by molar-refractivity contribution is 6.02. The Morgan fingerprint density at radius 2 is 2.14 bits per heavy atom. The number of unbranched alkanes of at least 4 members (excludes halogenated alkanes) is 1. The minimum Gasteiger partial charge on any atom is -0.493 e. The largest absolute Gasteiger partial charge is 0.493 e. The van der Waals surface area contributed by atoms with E-state index in [1.165, 1.54) is 0 Å². The maximum absolute atomic E-state index is 12.8. The van der Waals surface area contributed by atoms with Crippen LogP contribution < -0.4 is 10.1 Å². The Labute approximate surface area is 212 Å². The van der Waals surface area contributed by atoms with E-state index < -0.39 is 5.91 Å². The number of nitrogens with one attached hydrogen (secondary N) is 1. The molecule has 186 valence electrons. The second kappa shape index (κ2) is 12.2. The molecular weight excluding hydrogens is 452 g/mol. The third-order valence-corrected chi connectivity index (χ3v) is 6.15. The lowest BCUT2D eigenvalue weighted by atomic mass is 10.0. The molecule has 1 aliphatic rings. The number of rotatable bonds is 10. The number of carbonyl (C=O) groups is 1. The number of carbonyl (C=O) groups excluding carboxylic acids is 1. The number of nitriles is 1. The third-order valence-electron chi connectivity index (χ3n) is 6.15. The smallest absolute Gasteiger partial charge is 0.262 e. The zero-order valence-corrected chi connectivity index (χ0v) is 20.9. The molecular formula is C29H32N4O3. The quantitative estimate of drug-likeness (QED) is 0.242. The van der Waals surface area contributed by atoms with Crippen molar-refractivity contribution in [3.05, 3.63) is 71.4 Å². The molecule has 2 aromatic carbocycles. The Kier molecular flexibility index (Phi) is 8.53. The number of ether oxygens (including phenoxy) is 2. The van der Waals surface area contributed by atoms with Crippen molar-refractivity contribution >= 4 is 12.0 Å². The Bertz CT molecular complexity index is 1250. The van der Waals surface area contributed by atoms with Crippen molar-refractivity contribution in [3.8, 4) is 28.8 Å². The van der Waals surface area contributed by atoms with Gasteiger partial charge in [0.1, 0.15) is 23.1 Å². The predicted octanol–water partition coefficient (Wildman–Crippen LogP) is 5.23. The van der Waals surface area contributed by atoms with Gasteiger partial charge in [0.2, 0.25) is 0 Å². The summed E-state index contributed by atoms with van der Waals surface area (Å²) in [4.78, 5) is 12.8. The van der Waals surface area contributed by atoms with Crippen LogP contribution in [0.15, 0.2) is 60.3 Å². The van der Waals surface area contributed by atoms with Gasteiger partial charge in [0.15, 0.2) is 0 Å². The molecule has 7 heteroatoms. The minimum absolute atomic E-state index is 0.00585. The molecule has 1 N–H and O–H groups in total. The monoisotopic (exact) mass is 484 g/mol. The Balaban J connectivity index is 1.66. The van der Waals surface area contributed by atoms with Crippen LogP contribution in [0.4, 0.5) is 0 Å². The molecule has 0 radical (unpaired) electrons. The van der Waals surface area contributed by atoms with E-state index in [4.69, 9.17) is 14.6 Å². The lowest BCUT2D eigenvalue weighted by Gasteiger charge is -2.11. The van der Waals surface area contributed by atoms with E-state index in [9.17, 15) is 10.1 Å². The molecule has 4 rings (SSSR count). The topological polar surface area (TPSA) is 89.2 Å². The highest BCUT2D eigenvalue weighted by atomic mass is 16.5. The second-order valence-electron chi connectivity index (χ2n) is 8.91. The van der Waals surface area contributed by atoms with E-state index in [0.29, 0.717) is 31.0 Å². The molecule has 0 spiro atoms. The fraction of sp³-hybridized carbons (Fsp3) is 0.345. The molecule has 1 atom stereocenters. The average Bonchev–Trinajstić information content (AvgIpc) is 3.58. The van der Waals surface area contributed by atoms with Gasteiger partial charge in [0.05, 0.1) is 18.4 Å². The van der Waals surface area contributed by atoms with E-state index >= 15 is 0 Å². The highest BCUT2D eigenvalue weighted by Crippen LogP contribution is 2.30. The summed E-state index contributed by atoms with van der Waals surface area (Å²) in [5.41, 5.74) is 4.16. The van der Waals surface area contributed by atoms with Crippen LogP contribution in [0.1, 0.15) is 43.7 Å². The summed E-state index contributed by atoms with van der Waals surface area (Å²) in [6, 6.07) is 17.7. The molecule has 1 aromatic heterocycles. The summed E-state index contributed by atoms with van der Waals surface area (Å²) in [5, 5.41) is 17.4. The average molecular weight is 485 g/mol. The summed E-state index contributed by atoms with van der Waals surface area (Å²) in [7, 11) is 0. The number of para-hydroxylation sites is 1. The highest BCUT2D eigenvalue weighted by Gasteiger charge is 2.19. The summed E-state index contributed by atoms with van der Waals surface area (Å²) < 4.78 is 13.3. The minimum atomic E-state index is -0.415. The molecule has 36 heavy (non-hydrogen) atoms. The van der Waals surface area contributed by atoms with Gasteiger partial charge in [-0.25, -0.2) is 4.68 Å². The lowest BCUT2D eigenvalue weighted by Crippen LogP contribution is -2.32. The van der Waals surface area contributed by atoms with Crippen molar-refractivity contribution in [2.75, 3.05) is 19.8 Å². The van der Waals surface area contributed by atoms with Gasteiger partial charge in [0.25, 0.3) is 5.91 Å². The van der Waals surface area contributed by atoms with Crippen LogP contribution in [-0.2, 0) is 9.53 Å². The SMILES string of the molecule is CCCCOc1ccc(-c2nn(-c3ccccc3)cc2/C=C(\C#N)C(=O)NC[C@@H]2CCCO2)cc1C. The first-order valence-corrected chi connectivity index (χ1v) is 12.5. The molecule has 0 aliphatic carbocycles. The fourth-order valence-corrected chi connectivity index (χ4v) is 4.13. The molecule has 1 amide bonds. The van der Waals surface area contributed by atoms with Crippen molar-refractivity contribution in [1.29, 1.82) is 5.26 Å².